The number of benzene rings is 3. The van der Waals surface area contributed by atoms with Crippen LogP contribution in [0.1, 0.15) is 27.0 Å². The average molecular weight is 415 g/mol. The number of nitrogens with zero attached hydrogens (tertiary/aromatic N) is 1. The molecule has 0 aromatic heterocycles. The van der Waals surface area contributed by atoms with Gasteiger partial charge >= 0.3 is 6.03 Å². The molecule has 0 aliphatic carbocycles. The van der Waals surface area contributed by atoms with E-state index in [1.807, 2.05) is 49.4 Å². The predicted octanol–water partition coefficient (Wildman–Crippen LogP) is 4.53. The van der Waals surface area contributed by atoms with Gasteiger partial charge in [-0.15, -0.1) is 0 Å². The van der Waals surface area contributed by atoms with Crippen molar-refractivity contribution in [1.29, 1.82) is 0 Å². The third-order valence-corrected chi connectivity index (χ3v) is 5.39. The number of anilines is 2. The Hall–Kier alpha value is -3.80. The average Bonchev–Trinajstić information content (AvgIpc) is 3.22. The number of fused-ring (bicyclic) bond motifs is 1. The molecule has 0 atom stereocenters. The highest BCUT2D eigenvalue weighted by atomic mass is 16.5. The summed E-state index contributed by atoms with van der Waals surface area (Å²) in [5, 5.41) is 5.70. The van der Waals surface area contributed by atoms with Gasteiger partial charge in [0.05, 0.1) is 7.11 Å². The summed E-state index contributed by atoms with van der Waals surface area (Å²) in [6.45, 7) is 3.01. The quantitative estimate of drug-likeness (QED) is 0.643. The number of carbonyl (C=O) groups is 2. The fourth-order valence-corrected chi connectivity index (χ4v) is 3.63. The van der Waals surface area contributed by atoms with Crippen molar-refractivity contribution < 1.29 is 14.3 Å². The van der Waals surface area contributed by atoms with E-state index in [1.54, 1.807) is 36.3 Å². The van der Waals surface area contributed by atoms with Crippen LogP contribution in [-0.2, 0) is 13.0 Å². The molecule has 6 nitrogen and oxygen atoms in total. The normalized spacial score (nSPS) is 12.3. The van der Waals surface area contributed by atoms with Crippen LogP contribution in [0, 0.1) is 6.92 Å². The van der Waals surface area contributed by atoms with Gasteiger partial charge < -0.3 is 20.3 Å². The van der Waals surface area contributed by atoms with Crippen molar-refractivity contribution >= 4 is 23.3 Å². The Morgan fingerprint density at radius 2 is 1.74 bits per heavy atom. The summed E-state index contributed by atoms with van der Waals surface area (Å²) in [6.07, 6.45) is 0.818. The zero-order valence-electron chi connectivity index (χ0n) is 17.6. The number of ether oxygens (including phenoxy) is 1. The predicted molar refractivity (Wildman–Crippen MR) is 122 cm³/mol. The minimum atomic E-state index is -0.268. The highest BCUT2D eigenvalue weighted by molar-refractivity contribution is 6.07. The second-order valence-corrected chi connectivity index (χ2v) is 7.57. The Labute approximate surface area is 181 Å². The number of nitrogens with one attached hydrogen (secondary N) is 2. The maximum atomic E-state index is 13.0. The summed E-state index contributed by atoms with van der Waals surface area (Å²) in [6, 6.07) is 20.5. The molecular weight excluding hydrogens is 390 g/mol. The topological polar surface area (TPSA) is 70.7 Å². The van der Waals surface area contributed by atoms with Gasteiger partial charge in [0.2, 0.25) is 0 Å². The molecule has 0 fully saturated rings. The van der Waals surface area contributed by atoms with Crippen molar-refractivity contribution in [3.63, 3.8) is 0 Å². The maximum absolute atomic E-state index is 13.0. The summed E-state index contributed by atoms with van der Waals surface area (Å²) >= 11 is 0. The molecule has 1 aliphatic heterocycles. The van der Waals surface area contributed by atoms with Gasteiger partial charge in [0.15, 0.2) is 0 Å². The Morgan fingerprint density at radius 1 is 1.00 bits per heavy atom. The molecule has 0 saturated carbocycles. The van der Waals surface area contributed by atoms with E-state index in [0.29, 0.717) is 18.7 Å². The molecule has 3 aromatic carbocycles. The summed E-state index contributed by atoms with van der Waals surface area (Å²) < 4.78 is 5.17. The number of aryl methyl sites for hydroxylation is 1. The smallest absolute Gasteiger partial charge is 0.319 e. The van der Waals surface area contributed by atoms with Gasteiger partial charge in [0.1, 0.15) is 5.75 Å². The summed E-state index contributed by atoms with van der Waals surface area (Å²) in [4.78, 5) is 27.0. The fraction of sp³-hybridized carbons (Fsp3) is 0.200. The number of amides is 3. The van der Waals surface area contributed by atoms with E-state index in [9.17, 15) is 9.59 Å². The molecule has 158 valence electrons. The van der Waals surface area contributed by atoms with Crippen LogP contribution in [0.2, 0.25) is 0 Å². The Bertz CT molecular complexity index is 1090. The van der Waals surface area contributed by atoms with Crippen LogP contribution >= 0.6 is 0 Å². The van der Waals surface area contributed by atoms with Crippen LogP contribution in [0.5, 0.6) is 5.75 Å². The molecule has 6 heteroatoms. The molecule has 0 saturated heterocycles. The molecule has 3 aromatic rings. The van der Waals surface area contributed by atoms with Crippen LogP contribution in [-0.4, -0.2) is 25.6 Å². The highest BCUT2D eigenvalue weighted by Crippen LogP contribution is 2.30. The molecule has 1 heterocycles. The summed E-state index contributed by atoms with van der Waals surface area (Å²) in [5.41, 5.74) is 5.47. The number of urea groups is 1. The van der Waals surface area contributed by atoms with Crippen LogP contribution in [0.4, 0.5) is 16.2 Å². The lowest BCUT2D eigenvalue weighted by Gasteiger charge is -2.18. The SMILES string of the molecule is COc1ccc(C(=O)N2CCc3ccc(CNC(=O)Nc4ccc(C)cc4)cc32)cc1. The number of carbonyl (C=O) groups excluding carboxylic acids is 2. The lowest BCUT2D eigenvalue weighted by Crippen LogP contribution is -2.29. The van der Waals surface area contributed by atoms with Gasteiger partial charge in [-0.05, 0) is 66.9 Å². The second-order valence-electron chi connectivity index (χ2n) is 7.57. The standard InChI is InChI=1S/C25H25N3O3/c1-17-3-9-21(10-4-17)27-25(30)26-16-18-5-6-19-13-14-28(23(19)15-18)24(29)20-7-11-22(31-2)12-8-20/h3-12,15H,13-14,16H2,1-2H3,(H2,26,27,30). The van der Waals surface area contributed by atoms with Crippen molar-refractivity contribution in [2.24, 2.45) is 0 Å². The third-order valence-electron chi connectivity index (χ3n) is 5.39. The minimum absolute atomic E-state index is 0.0383. The fourth-order valence-electron chi connectivity index (χ4n) is 3.63. The molecule has 31 heavy (non-hydrogen) atoms. The molecule has 4 rings (SSSR count). The molecule has 0 spiro atoms. The molecule has 0 unspecified atom stereocenters. The van der Waals surface area contributed by atoms with E-state index in [2.05, 4.69) is 10.6 Å². The number of hydrogen-bond acceptors (Lipinski definition) is 3. The first-order chi connectivity index (χ1) is 15.0. The van der Waals surface area contributed by atoms with E-state index in [4.69, 9.17) is 4.74 Å². The van der Waals surface area contributed by atoms with Gasteiger partial charge in [-0.25, -0.2) is 4.79 Å². The van der Waals surface area contributed by atoms with Gasteiger partial charge in [-0.2, -0.15) is 0 Å². The van der Waals surface area contributed by atoms with Crippen LogP contribution < -0.4 is 20.3 Å². The zero-order chi connectivity index (χ0) is 21.8. The van der Waals surface area contributed by atoms with E-state index in [1.165, 1.54) is 0 Å². The van der Waals surface area contributed by atoms with Crippen molar-refractivity contribution in [3.8, 4) is 5.75 Å². The van der Waals surface area contributed by atoms with Crippen LogP contribution in [0.15, 0.2) is 66.7 Å². The molecular formula is C25H25N3O3. The van der Waals surface area contributed by atoms with E-state index in [-0.39, 0.29) is 11.9 Å². The first kappa shape index (κ1) is 20.5. The van der Waals surface area contributed by atoms with Gasteiger partial charge in [0.25, 0.3) is 5.91 Å². The van der Waals surface area contributed by atoms with Crippen molar-refractivity contribution in [2.45, 2.75) is 19.9 Å². The van der Waals surface area contributed by atoms with Crippen molar-refractivity contribution in [1.82, 2.24) is 5.32 Å². The van der Waals surface area contributed by atoms with Gasteiger partial charge in [-0.1, -0.05) is 29.8 Å². The molecule has 0 radical (unpaired) electrons. The Morgan fingerprint density at radius 3 is 2.45 bits per heavy atom. The van der Waals surface area contributed by atoms with E-state index < -0.39 is 0 Å². The van der Waals surface area contributed by atoms with E-state index in [0.717, 1.165) is 40.2 Å². The number of hydrogen-bond donors (Lipinski definition) is 2. The highest BCUT2D eigenvalue weighted by Gasteiger charge is 2.25. The third kappa shape index (κ3) is 4.69. The summed E-state index contributed by atoms with van der Waals surface area (Å²) in [5.74, 6) is 0.680. The maximum Gasteiger partial charge on any atom is 0.319 e. The van der Waals surface area contributed by atoms with Crippen LogP contribution in [0.25, 0.3) is 0 Å². The molecule has 2 N–H and O–H groups in total. The lowest BCUT2D eigenvalue weighted by molar-refractivity contribution is 0.0989. The number of rotatable bonds is 5. The minimum Gasteiger partial charge on any atom is -0.497 e. The Kier molecular flexibility index (Phi) is 5.89. The van der Waals surface area contributed by atoms with Crippen molar-refractivity contribution in [2.75, 3.05) is 23.9 Å². The van der Waals surface area contributed by atoms with Gasteiger partial charge in [0, 0.05) is 30.0 Å². The molecule has 3 amide bonds. The van der Waals surface area contributed by atoms with Gasteiger partial charge in [-0.3, -0.25) is 4.79 Å². The Balaban J connectivity index is 1.42. The van der Waals surface area contributed by atoms with Crippen molar-refractivity contribution in [3.05, 3.63) is 89.0 Å². The molecule has 1 aliphatic rings. The molecule has 0 bridgehead atoms. The lowest BCUT2D eigenvalue weighted by atomic mass is 10.1. The monoisotopic (exact) mass is 415 g/mol. The van der Waals surface area contributed by atoms with Crippen LogP contribution in [0.3, 0.4) is 0 Å². The summed E-state index contributed by atoms with van der Waals surface area (Å²) in [7, 11) is 1.60. The first-order valence-corrected chi connectivity index (χ1v) is 10.2. The zero-order valence-corrected chi connectivity index (χ0v) is 17.6. The largest absolute Gasteiger partial charge is 0.497 e. The number of methoxy groups -OCH3 is 1. The first-order valence-electron chi connectivity index (χ1n) is 10.2. The van der Waals surface area contributed by atoms with E-state index >= 15 is 0 Å². The second kappa shape index (κ2) is 8.92.